The zero-order valence-electron chi connectivity index (χ0n) is 11.1. The number of carbonyl (C=O) groups excluding carboxylic acids is 1. The topological polar surface area (TPSA) is 61.4 Å². The third-order valence-electron chi connectivity index (χ3n) is 2.71. The van der Waals surface area contributed by atoms with E-state index in [9.17, 15) is 4.79 Å². The van der Waals surface area contributed by atoms with Crippen LogP contribution in [0.15, 0.2) is 24.3 Å². The van der Waals surface area contributed by atoms with Gasteiger partial charge < -0.3 is 15.7 Å². The maximum atomic E-state index is 11.7. The standard InChI is InChI=1S/C14H22N2O2/c1-11-5-3-7-13(9-11)16-14(18)10-15-12(2)6-4-8-17/h3,5,7,9,12,15,17H,4,6,8,10H2,1-2H3,(H,16,18). The van der Waals surface area contributed by atoms with Gasteiger partial charge in [-0.3, -0.25) is 4.79 Å². The normalized spacial score (nSPS) is 12.2. The molecule has 1 atom stereocenters. The van der Waals surface area contributed by atoms with Gasteiger partial charge >= 0.3 is 0 Å². The summed E-state index contributed by atoms with van der Waals surface area (Å²) in [6.45, 7) is 4.49. The molecule has 1 amide bonds. The first-order chi connectivity index (χ1) is 8.61. The molecule has 1 rings (SSSR count). The third-order valence-corrected chi connectivity index (χ3v) is 2.71. The molecule has 3 N–H and O–H groups in total. The number of aliphatic hydroxyl groups is 1. The zero-order valence-corrected chi connectivity index (χ0v) is 11.1. The number of rotatable bonds is 7. The quantitative estimate of drug-likeness (QED) is 0.690. The van der Waals surface area contributed by atoms with Crippen molar-refractivity contribution in [3.63, 3.8) is 0 Å². The highest BCUT2D eigenvalue weighted by Gasteiger charge is 2.05. The van der Waals surface area contributed by atoms with Crippen LogP contribution in [0.5, 0.6) is 0 Å². The van der Waals surface area contributed by atoms with Gasteiger partial charge in [0, 0.05) is 18.3 Å². The van der Waals surface area contributed by atoms with E-state index in [0.29, 0.717) is 6.54 Å². The minimum atomic E-state index is -0.0450. The lowest BCUT2D eigenvalue weighted by molar-refractivity contribution is -0.115. The van der Waals surface area contributed by atoms with Crippen molar-refractivity contribution in [3.05, 3.63) is 29.8 Å². The summed E-state index contributed by atoms with van der Waals surface area (Å²) in [5.74, 6) is -0.0450. The summed E-state index contributed by atoms with van der Waals surface area (Å²) in [6, 6.07) is 7.96. The average Bonchev–Trinajstić information content (AvgIpc) is 2.34. The van der Waals surface area contributed by atoms with Gasteiger partial charge in [0.1, 0.15) is 0 Å². The summed E-state index contributed by atoms with van der Waals surface area (Å²) in [6.07, 6.45) is 1.63. The van der Waals surface area contributed by atoms with E-state index < -0.39 is 0 Å². The van der Waals surface area contributed by atoms with Crippen molar-refractivity contribution in [2.75, 3.05) is 18.5 Å². The van der Waals surface area contributed by atoms with Crippen molar-refractivity contribution in [3.8, 4) is 0 Å². The van der Waals surface area contributed by atoms with Crippen LogP contribution in [0, 0.1) is 6.92 Å². The largest absolute Gasteiger partial charge is 0.396 e. The SMILES string of the molecule is Cc1cccc(NC(=O)CNC(C)CCCO)c1. The predicted molar refractivity (Wildman–Crippen MR) is 73.6 cm³/mol. The monoisotopic (exact) mass is 250 g/mol. The van der Waals surface area contributed by atoms with Crippen LogP contribution in [0.4, 0.5) is 5.69 Å². The van der Waals surface area contributed by atoms with Crippen LogP contribution in [0.3, 0.4) is 0 Å². The van der Waals surface area contributed by atoms with Crippen LogP contribution in [0.1, 0.15) is 25.3 Å². The molecular weight excluding hydrogens is 228 g/mol. The first-order valence-corrected chi connectivity index (χ1v) is 6.32. The van der Waals surface area contributed by atoms with E-state index in [1.165, 1.54) is 0 Å². The number of hydrogen-bond donors (Lipinski definition) is 3. The molecule has 0 aliphatic heterocycles. The van der Waals surface area contributed by atoms with Crippen molar-refractivity contribution in [2.24, 2.45) is 0 Å². The van der Waals surface area contributed by atoms with E-state index in [4.69, 9.17) is 5.11 Å². The van der Waals surface area contributed by atoms with Crippen LogP contribution in [0.2, 0.25) is 0 Å². The highest BCUT2D eigenvalue weighted by molar-refractivity contribution is 5.92. The molecule has 0 saturated carbocycles. The van der Waals surface area contributed by atoms with Crippen LogP contribution < -0.4 is 10.6 Å². The fourth-order valence-corrected chi connectivity index (χ4v) is 1.69. The lowest BCUT2D eigenvalue weighted by Gasteiger charge is -2.13. The molecule has 1 unspecified atom stereocenters. The van der Waals surface area contributed by atoms with E-state index in [1.54, 1.807) is 0 Å². The second-order valence-corrected chi connectivity index (χ2v) is 4.57. The lowest BCUT2D eigenvalue weighted by Crippen LogP contribution is -2.34. The molecule has 18 heavy (non-hydrogen) atoms. The number of hydrogen-bond acceptors (Lipinski definition) is 3. The average molecular weight is 250 g/mol. The Balaban J connectivity index is 2.29. The Kier molecular flexibility index (Phi) is 6.39. The van der Waals surface area contributed by atoms with Crippen LogP contribution in [0.25, 0.3) is 0 Å². The Morgan fingerprint density at radius 2 is 2.22 bits per heavy atom. The summed E-state index contributed by atoms with van der Waals surface area (Å²) in [5, 5.41) is 14.7. The fourth-order valence-electron chi connectivity index (χ4n) is 1.69. The van der Waals surface area contributed by atoms with E-state index in [2.05, 4.69) is 10.6 Å². The molecule has 0 aliphatic rings. The van der Waals surface area contributed by atoms with Crippen molar-refractivity contribution >= 4 is 11.6 Å². The Hall–Kier alpha value is -1.39. The number of anilines is 1. The van der Waals surface area contributed by atoms with Gasteiger partial charge in [0.05, 0.1) is 6.54 Å². The molecule has 0 aliphatic carbocycles. The second kappa shape index (κ2) is 7.84. The van der Waals surface area contributed by atoms with Crippen molar-refractivity contribution in [1.82, 2.24) is 5.32 Å². The molecule has 4 heteroatoms. The Morgan fingerprint density at radius 1 is 1.44 bits per heavy atom. The number of benzene rings is 1. The molecule has 0 fully saturated rings. The van der Waals surface area contributed by atoms with Gasteiger partial charge in [0.25, 0.3) is 0 Å². The molecule has 0 bridgehead atoms. The number of amides is 1. The molecule has 0 heterocycles. The van der Waals surface area contributed by atoms with E-state index in [-0.39, 0.29) is 18.6 Å². The van der Waals surface area contributed by atoms with Crippen LogP contribution >= 0.6 is 0 Å². The van der Waals surface area contributed by atoms with E-state index in [0.717, 1.165) is 24.1 Å². The number of carbonyl (C=O) groups is 1. The third kappa shape index (κ3) is 5.80. The van der Waals surface area contributed by atoms with Crippen molar-refractivity contribution in [1.29, 1.82) is 0 Å². The lowest BCUT2D eigenvalue weighted by atomic mass is 10.2. The number of aliphatic hydroxyl groups excluding tert-OH is 1. The van der Waals surface area contributed by atoms with Gasteiger partial charge in [-0.05, 0) is 44.4 Å². The van der Waals surface area contributed by atoms with Gasteiger partial charge in [0.15, 0.2) is 0 Å². The summed E-state index contributed by atoms with van der Waals surface area (Å²) >= 11 is 0. The minimum Gasteiger partial charge on any atom is -0.396 e. The molecular formula is C14H22N2O2. The highest BCUT2D eigenvalue weighted by atomic mass is 16.2. The number of aryl methyl sites for hydroxylation is 1. The summed E-state index contributed by atoms with van der Waals surface area (Å²) in [4.78, 5) is 11.7. The molecule has 1 aromatic rings. The molecule has 4 nitrogen and oxygen atoms in total. The Bertz CT molecular complexity index is 380. The second-order valence-electron chi connectivity index (χ2n) is 4.57. The first-order valence-electron chi connectivity index (χ1n) is 6.32. The molecule has 1 aromatic carbocycles. The minimum absolute atomic E-state index is 0.0450. The maximum absolute atomic E-state index is 11.7. The van der Waals surface area contributed by atoms with E-state index in [1.807, 2.05) is 38.1 Å². The van der Waals surface area contributed by atoms with Gasteiger partial charge in [-0.25, -0.2) is 0 Å². The molecule has 100 valence electrons. The maximum Gasteiger partial charge on any atom is 0.238 e. The van der Waals surface area contributed by atoms with Crippen molar-refractivity contribution in [2.45, 2.75) is 32.7 Å². The molecule has 0 aromatic heterocycles. The Morgan fingerprint density at radius 3 is 2.89 bits per heavy atom. The summed E-state index contributed by atoms with van der Waals surface area (Å²) < 4.78 is 0. The van der Waals surface area contributed by atoms with Gasteiger partial charge in [-0.2, -0.15) is 0 Å². The first kappa shape index (κ1) is 14.7. The fraction of sp³-hybridized carbons (Fsp3) is 0.500. The van der Waals surface area contributed by atoms with E-state index >= 15 is 0 Å². The van der Waals surface area contributed by atoms with Crippen LogP contribution in [-0.4, -0.2) is 30.2 Å². The Labute approximate surface area is 108 Å². The molecule has 0 saturated heterocycles. The zero-order chi connectivity index (χ0) is 13.4. The van der Waals surface area contributed by atoms with Gasteiger partial charge in [-0.1, -0.05) is 12.1 Å². The predicted octanol–water partition coefficient (Wildman–Crippen LogP) is 1.68. The summed E-state index contributed by atoms with van der Waals surface area (Å²) in [5.41, 5.74) is 1.95. The van der Waals surface area contributed by atoms with Crippen LogP contribution in [-0.2, 0) is 4.79 Å². The number of nitrogens with one attached hydrogen (secondary N) is 2. The van der Waals surface area contributed by atoms with Crippen molar-refractivity contribution < 1.29 is 9.90 Å². The summed E-state index contributed by atoms with van der Waals surface area (Å²) in [7, 11) is 0. The molecule has 0 spiro atoms. The van der Waals surface area contributed by atoms with Gasteiger partial charge in [-0.15, -0.1) is 0 Å². The highest BCUT2D eigenvalue weighted by Crippen LogP contribution is 2.08. The van der Waals surface area contributed by atoms with Gasteiger partial charge in [0.2, 0.25) is 5.91 Å². The molecule has 0 radical (unpaired) electrons. The smallest absolute Gasteiger partial charge is 0.238 e.